The topological polar surface area (TPSA) is 55.4 Å². The molecule has 1 N–H and O–H groups in total. The van der Waals surface area contributed by atoms with E-state index < -0.39 is 0 Å². The summed E-state index contributed by atoms with van der Waals surface area (Å²) in [5.74, 6) is -0.531. The van der Waals surface area contributed by atoms with Crippen LogP contribution in [-0.2, 0) is 14.3 Å². The zero-order chi connectivity index (χ0) is 13.1. The highest BCUT2D eigenvalue weighted by Crippen LogP contribution is 2.29. The molecule has 0 bridgehead atoms. The maximum atomic E-state index is 11.6. The summed E-state index contributed by atoms with van der Waals surface area (Å²) in [5.41, 5.74) is 3.02. The molecule has 1 aliphatic rings. The largest absolute Gasteiger partial charge is 0.455 e. The number of esters is 1. The summed E-state index contributed by atoms with van der Waals surface area (Å²) >= 11 is 0. The average Bonchev–Trinajstić information content (AvgIpc) is 3.15. The normalized spacial score (nSPS) is 14.1. The van der Waals surface area contributed by atoms with Crippen molar-refractivity contribution < 1.29 is 14.3 Å². The Balaban J connectivity index is 1.82. The summed E-state index contributed by atoms with van der Waals surface area (Å²) in [7, 11) is 0. The molecule has 0 unspecified atom stereocenters. The quantitative estimate of drug-likeness (QED) is 0.830. The first kappa shape index (κ1) is 12.6. The summed E-state index contributed by atoms with van der Waals surface area (Å²) in [6.07, 6.45) is 1.77. The van der Waals surface area contributed by atoms with Gasteiger partial charge in [-0.1, -0.05) is 6.07 Å². The van der Waals surface area contributed by atoms with Gasteiger partial charge >= 0.3 is 5.97 Å². The minimum Gasteiger partial charge on any atom is -0.455 e. The Kier molecular flexibility index (Phi) is 3.65. The van der Waals surface area contributed by atoms with E-state index in [4.69, 9.17) is 4.74 Å². The maximum absolute atomic E-state index is 11.6. The minimum atomic E-state index is -0.299. The number of hydrogen-bond acceptors (Lipinski definition) is 3. The summed E-state index contributed by atoms with van der Waals surface area (Å²) in [6, 6.07) is 5.68. The molecule has 0 heterocycles. The first-order valence-corrected chi connectivity index (χ1v) is 6.10. The number of ether oxygens (including phenoxy) is 1. The molecule has 0 saturated heterocycles. The molecule has 0 aliphatic heterocycles. The van der Waals surface area contributed by atoms with E-state index in [-0.39, 0.29) is 24.4 Å². The number of aryl methyl sites for hydroxylation is 2. The fraction of sp³-hybridized carbons (Fsp3) is 0.429. The molecule has 1 saturated carbocycles. The summed E-state index contributed by atoms with van der Waals surface area (Å²) in [5, 5.41) is 2.71. The van der Waals surface area contributed by atoms with E-state index in [1.165, 1.54) is 5.56 Å². The third-order valence-electron chi connectivity index (χ3n) is 3.05. The number of nitrogens with one attached hydrogen (secondary N) is 1. The molecule has 1 amide bonds. The van der Waals surface area contributed by atoms with Crippen LogP contribution in [0.2, 0.25) is 0 Å². The molecule has 96 valence electrons. The number of anilines is 1. The summed E-state index contributed by atoms with van der Waals surface area (Å²) < 4.78 is 4.90. The molecule has 1 fully saturated rings. The second kappa shape index (κ2) is 5.21. The molecule has 4 heteroatoms. The Morgan fingerprint density at radius 1 is 1.28 bits per heavy atom. The number of carbonyl (C=O) groups is 2. The number of hydrogen-bond donors (Lipinski definition) is 1. The number of amides is 1. The van der Waals surface area contributed by atoms with Crippen LogP contribution in [0.15, 0.2) is 18.2 Å². The van der Waals surface area contributed by atoms with Crippen LogP contribution in [0.1, 0.15) is 24.0 Å². The van der Waals surface area contributed by atoms with Crippen LogP contribution < -0.4 is 5.32 Å². The van der Waals surface area contributed by atoms with Crippen LogP contribution in [0, 0.1) is 19.8 Å². The zero-order valence-electron chi connectivity index (χ0n) is 10.7. The molecule has 0 atom stereocenters. The third-order valence-corrected chi connectivity index (χ3v) is 3.05. The van der Waals surface area contributed by atoms with E-state index in [0.29, 0.717) is 0 Å². The highest BCUT2D eigenvalue weighted by Gasteiger charge is 2.31. The predicted octanol–water partition coefficient (Wildman–Crippen LogP) is 2.20. The van der Waals surface area contributed by atoms with Gasteiger partial charge in [-0.15, -0.1) is 0 Å². The fourth-order valence-electron chi connectivity index (χ4n) is 1.59. The number of benzene rings is 1. The van der Waals surface area contributed by atoms with Gasteiger partial charge in [0.05, 0.1) is 5.92 Å². The van der Waals surface area contributed by atoms with Crippen molar-refractivity contribution in [2.24, 2.45) is 5.92 Å². The molecule has 1 aromatic rings. The van der Waals surface area contributed by atoms with Crippen molar-refractivity contribution in [2.45, 2.75) is 26.7 Å². The standard InChI is InChI=1S/C14H17NO3/c1-9-3-6-12(7-10(9)2)15-13(16)8-18-14(17)11-4-5-11/h3,6-7,11H,4-5,8H2,1-2H3,(H,15,16). The third kappa shape index (κ3) is 3.32. The minimum absolute atomic E-state index is 0.0272. The lowest BCUT2D eigenvalue weighted by atomic mass is 10.1. The van der Waals surface area contributed by atoms with Crippen LogP contribution in [0.4, 0.5) is 5.69 Å². The second-order valence-electron chi connectivity index (χ2n) is 4.73. The molecule has 18 heavy (non-hydrogen) atoms. The molecular weight excluding hydrogens is 230 g/mol. The molecule has 1 aromatic carbocycles. The van der Waals surface area contributed by atoms with Crippen molar-refractivity contribution in [1.82, 2.24) is 0 Å². The van der Waals surface area contributed by atoms with Gasteiger partial charge in [0, 0.05) is 5.69 Å². The Morgan fingerprint density at radius 3 is 2.61 bits per heavy atom. The molecule has 4 nitrogen and oxygen atoms in total. The van der Waals surface area contributed by atoms with Crippen molar-refractivity contribution >= 4 is 17.6 Å². The van der Waals surface area contributed by atoms with Gasteiger partial charge in [0.15, 0.2) is 6.61 Å². The molecule has 2 rings (SSSR count). The molecule has 1 aliphatic carbocycles. The van der Waals surface area contributed by atoms with Crippen molar-refractivity contribution in [3.05, 3.63) is 29.3 Å². The van der Waals surface area contributed by atoms with Gasteiger partial charge < -0.3 is 10.1 Å². The van der Waals surface area contributed by atoms with E-state index >= 15 is 0 Å². The Morgan fingerprint density at radius 2 is 2.00 bits per heavy atom. The number of carbonyl (C=O) groups excluding carboxylic acids is 2. The van der Waals surface area contributed by atoms with E-state index in [9.17, 15) is 9.59 Å². The Bertz CT molecular complexity index is 478. The van der Waals surface area contributed by atoms with Crippen LogP contribution in [0.3, 0.4) is 0 Å². The lowest BCUT2D eigenvalue weighted by molar-refractivity contribution is -0.148. The van der Waals surface area contributed by atoms with Crippen molar-refractivity contribution in [3.8, 4) is 0 Å². The predicted molar refractivity (Wildman–Crippen MR) is 68.2 cm³/mol. The van der Waals surface area contributed by atoms with Gasteiger partial charge in [-0.2, -0.15) is 0 Å². The highest BCUT2D eigenvalue weighted by atomic mass is 16.5. The van der Waals surface area contributed by atoms with Crippen molar-refractivity contribution in [1.29, 1.82) is 0 Å². The Hall–Kier alpha value is -1.84. The van der Waals surface area contributed by atoms with Crippen molar-refractivity contribution in [3.63, 3.8) is 0 Å². The molecule has 0 radical (unpaired) electrons. The lowest BCUT2D eigenvalue weighted by Gasteiger charge is -2.08. The van der Waals surface area contributed by atoms with E-state index in [1.54, 1.807) is 0 Å². The fourth-order valence-corrected chi connectivity index (χ4v) is 1.59. The van der Waals surface area contributed by atoms with Crippen LogP contribution in [0.25, 0.3) is 0 Å². The first-order valence-electron chi connectivity index (χ1n) is 6.10. The van der Waals surface area contributed by atoms with Gasteiger partial charge in [0.25, 0.3) is 5.91 Å². The monoisotopic (exact) mass is 247 g/mol. The van der Waals surface area contributed by atoms with Crippen LogP contribution in [0.5, 0.6) is 0 Å². The summed E-state index contributed by atoms with van der Waals surface area (Å²) in [4.78, 5) is 22.8. The van der Waals surface area contributed by atoms with Crippen molar-refractivity contribution in [2.75, 3.05) is 11.9 Å². The zero-order valence-corrected chi connectivity index (χ0v) is 10.7. The maximum Gasteiger partial charge on any atom is 0.309 e. The molecule has 0 spiro atoms. The van der Waals surface area contributed by atoms with Crippen LogP contribution >= 0.6 is 0 Å². The lowest BCUT2D eigenvalue weighted by Crippen LogP contribution is -2.21. The van der Waals surface area contributed by atoms with Crippen LogP contribution in [-0.4, -0.2) is 18.5 Å². The molecular formula is C14H17NO3. The highest BCUT2D eigenvalue weighted by molar-refractivity contribution is 5.93. The molecule has 0 aromatic heterocycles. The van der Waals surface area contributed by atoms with E-state index in [2.05, 4.69) is 5.32 Å². The number of rotatable bonds is 4. The van der Waals surface area contributed by atoms with Gasteiger partial charge in [0.1, 0.15) is 0 Å². The van der Waals surface area contributed by atoms with Gasteiger partial charge in [0.2, 0.25) is 0 Å². The first-order chi connectivity index (χ1) is 8.56. The second-order valence-corrected chi connectivity index (χ2v) is 4.73. The van der Waals surface area contributed by atoms with E-state index in [0.717, 1.165) is 24.1 Å². The SMILES string of the molecule is Cc1ccc(NC(=O)COC(=O)C2CC2)cc1C. The summed E-state index contributed by atoms with van der Waals surface area (Å²) in [6.45, 7) is 3.79. The van der Waals surface area contributed by atoms with Gasteiger partial charge in [-0.05, 0) is 49.9 Å². The van der Waals surface area contributed by atoms with Gasteiger partial charge in [-0.3, -0.25) is 9.59 Å². The smallest absolute Gasteiger partial charge is 0.309 e. The van der Waals surface area contributed by atoms with Gasteiger partial charge in [-0.25, -0.2) is 0 Å². The average molecular weight is 247 g/mol. The van der Waals surface area contributed by atoms with E-state index in [1.807, 2.05) is 32.0 Å². The Labute approximate surface area is 106 Å².